The summed E-state index contributed by atoms with van der Waals surface area (Å²) >= 11 is 0. The summed E-state index contributed by atoms with van der Waals surface area (Å²) < 4.78 is 32.5. The molecule has 102 heavy (non-hydrogen) atoms. The van der Waals surface area contributed by atoms with Gasteiger partial charge in [-0.2, -0.15) is 0 Å². The van der Waals surface area contributed by atoms with E-state index in [2.05, 4.69) is 29.8 Å². The molecule has 25 nitrogen and oxygen atoms in total. The fourth-order valence-corrected chi connectivity index (χ4v) is 9.71. The number of carbonyl (C=O) groups is 10. The minimum Gasteiger partial charge on any atom is -0.460 e. The van der Waals surface area contributed by atoms with Crippen LogP contribution in [-0.4, -0.2) is 148 Å². The molecule has 0 saturated carbocycles. The summed E-state index contributed by atoms with van der Waals surface area (Å²) in [5.74, 6) is -4.59. The van der Waals surface area contributed by atoms with Crippen molar-refractivity contribution in [3.05, 3.63) is 283 Å². The van der Waals surface area contributed by atoms with E-state index in [0.717, 1.165) is 44.5 Å². The molecule has 0 atom stereocenters. The Balaban J connectivity index is 0.000000274. The average Bonchev–Trinajstić information content (AvgIpc) is 1.66. The minimum atomic E-state index is -0.749. The molecule has 0 spiro atoms. The predicted octanol–water partition coefficient (Wildman–Crippen LogP) is 8.97. The zero-order chi connectivity index (χ0) is 74.3. The monoisotopic (exact) mass is 1400 g/mol. The highest BCUT2D eigenvalue weighted by Crippen LogP contribution is 2.26. The number of esters is 7. The number of rotatable bonds is 25. The van der Waals surface area contributed by atoms with E-state index < -0.39 is 69.0 Å². The fraction of sp³-hybridized carbons (Fsp3) is 0.247. The first-order valence-electron chi connectivity index (χ1n) is 32.3. The molecule has 7 N–H and O–H groups in total. The zero-order valence-corrected chi connectivity index (χ0v) is 56.7. The standard InChI is InChI=1S/C36H31NO9.C16H16N2O.C11H12O6.C10H10O6.2C2H6/c38-23-46-36(43)29-15-13-28(14-16-29)35(42)45-19-18-44-34(41)27-11-9-26(10-12-27)32(39)17-8-24-4-3-5-25(20-24)21-37-22-30-6-1-2-7-31(30)33(37)40;17-9-12-4-3-5-13(8-12)10-18-11-14-6-1-2-7-15(14)16(18)19;12-5-6-16-10(14)8-1-3-9(4-2-8)11(15)17-7-13;11-5-15-9(13)7-1-2-8(4-3-7)10(14)16-6-12;2*1-2/h1-7,9-16,20,38H,8,17-19,21-23H2;1-8H,9-11,17H2;1-4,12-13H,5-7H2;1-4,11-12H,5-6H2;2*1-2H3. The molecular weight excluding hydrogens is 1320 g/mol. The molecule has 2 aliphatic rings. The Bertz CT molecular complexity index is 4030. The van der Waals surface area contributed by atoms with Crippen molar-refractivity contribution in [2.24, 2.45) is 5.73 Å². The van der Waals surface area contributed by atoms with Crippen LogP contribution in [0.2, 0.25) is 0 Å². The van der Waals surface area contributed by atoms with Crippen molar-refractivity contribution in [3.63, 3.8) is 0 Å². The Labute approximate surface area is 589 Å². The number of hydrogen-bond donors (Lipinski definition) is 6. The third-order valence-electron chi connectivity index (χ3n) is 14.6. The van der Waals surface area contributed by atoms with Crippen LogP contribution in [0.4, 0.5) is 0 Å². The average molecular weight is 1400 g/mol. The van der Waals surface area contributed by atoms with Crippen LogP contribution in [0, 0.1) is 0 Å². The second-order valence-corrected chi connectivity index (χ2v) is 21.1. The van der Waals surface area contributed by atoms with Crippen LogP contribution < -0.4 is 5.73 Å². The summed E-state index contributed by atoms with van der Waals surface area (Å²) in [7, 11) is 0. The van der Waals surface area contributed by atoms with Gasteiger partial charge in [0.25, 0.3) is 11.8 Å². The number of aryl methyl sites for hydroxylation is 1. The van der Waals surface area contributed by atoms with Crippen molar-refractivity contribution in [1.29, 1.82) is 0 Å². The van der Waals surface area contributed by atoms with E-state index in [1.165, 1.54) is 84.9 Å². The lowest BCUT2D eigenvalue weighted by Crippen LogP contribution is -2.23. The molecule has 8 aromatic carbocycles. The highest BCUT2D eigenvalue weighted by atomic mass is 16.6. The molecule has 0 bridgehead atoms. The first kappa shape index (κ1) is 81.1. The SMILES string of the molecule is CC.CC.NCc1cccc(CN2Cc3ccccc3C2=O)c1.O=C(CCc1cccc(CN2Cc3ccccc3C2=O)c1)c1ccc(C(=O)OCCOC(=O)c2ccc(C(=O)OCO)cc2)cc1.O=C(OCO)c1ccc(C(=O)OCCO)cc1.O=C(OCO)c1ccc(C(=O)OCO)cc1. The van der Waals surface area contributed by atoms with E-state index in [4.69, 9.17) is 40.7 Å². The Hall–Kier alpha value is -11.6. The van der Waals surface area contributed by atoms with E-state index in [-0.39, 0.29) is 89.4 Å². The number of hydrogen-bond acceptors (Lipinski definition) is 23. The number of nitrogens with two attached hydrogens (primary N) is 1. The fourth-order valence-electron chi connectivity index (χ4n) is 9.71. The number of nitrogens with zero attached hydrogens (tertiary/aromatic N) is 2. The van der Waals surface area contributed by atoms with Gasteiger partial charge in [-0.15, -0.1) is 0 Å². The molecule has 10 rings (SSSR count). The van der Waals surface area contributed by atoms with Crippen LogP contribution in [0.1, 0.15) is 171 Å². The van der Waals surface area contributed by atoms with Crippen LogP contribution >= 0.6 is 0 Å². The van der Waals surface area contributed by atoms with Gasteiger partial charge in [0.15, 0.2) is 33.0 Å². The molecule has 8 aromatic rings. The molecule has 0 aromatic heterocycles. The van der Waals surface area contributed by atoms with Crippen LogP contribution in [0.3, 0.4) is 0 Å². The molecule has 536 valence electrons. The highest BCUT2D eigenvalue weighted by molar-refractivity contribution is 6.00. The number of fused-ring (bicyclic) bond motifs is 2. The van der Waals surface area contributed by atoms with Gasteiger partial charge in [0.1, 0.15) is 19.8 Å². The molecule has 2 aliphatic heterocycles. The molecular formula is C77H81N3O22. The van der Waals surface area contributed by atoms with E-state index >= 15 is 0 Å². The Morgan fingerprint density at radius 1 is 0.353 bits per heavy atom. The highest BCUT2D eigenvalue weighted by Gasteiger charge is 2.28. The molecule has 0 saturated heterocycles. The minimum absolute atomic E-state index is 0.0251. The summed E-state index contributed by atoms with van der Waals surface area (Å²) in [5.41, 5.74) is 15.5. The topological polar surface area (TPSA) is 369 Å². The van der Waals surface area contributed by atoms with Crippen LogP contribution in [-0.2, 0) is 72.3 Å². The van der Waals surface area contributed by atoms with Crippen LogP contribution in [0.25, 0.3) is 0 Å². The van der Waals surface area contributed by atoms with Gasteiger partial charge >= 0.3 is 41.8 Å². The molecule has 2 amide bonds. The number of ether oxygens (including phenoxy) is 7. The van der Waals surface area contributed by atoms with Gasteiger partial charge in [0.2, 0.25) is 0 Å². The maximum atomic E-state index is 12.9. The maximum Gasteiger partial charge on any atom is 0.340 e. The first-order valence-corrected chi connectivity index (χ1v) is 32.3. The number of Topliss-reactive ketones (excluding diaryl/α,β-unsaturated/α-hetero) is 1. The summed E-state index contributed by atoms with van der Waals surface area (Å²) in [5, 5.41) is 42.3. The van der Waals surface area contributed by atoms with Gasteiger partial charge in [-0.05, 0) is 137 Å². The second kappa shape index (κ2) is 43.7. The number of benzene rings is 8. The lowest BCUT2D eigenvalue weighted by Gasteiger charge is -2.16. The van der Waals surface area contributed by atoms with E-state index in [1.54, 1.807) is 12.1 Å². The molecule has 0 aliphatic carbocycles. The van der Waals surface area contributed by atoms with Crippen LogP contribution in [0.5, 0.6) is 0 Å². The lowest BCUT2D eigenvalue weighted by atomic mass is 10.0. The molecule has 0 radical (unpaired) electrons. The maximum absolute atomic E-state index is 12.9. The number of aliphatic hydroxyl groups is 5. The quantitative estimate of drug-likeness (QED) is 0.0102. The van der Waals surface area contributed by atoms with E-state index in [0.29, 0.717) is 44.7 Å². The van der Waals surface area contributed by atoms with Crippen molar-refractivity contribution in [3.8, 4) is 0 Å². The molecule has 2 heterocycles. The van der Waals surface area contributed by atoms with Crippen molar-refractivity contribution in [2.45, 2.75) is 73.3 Å². The predicted molar refractivity (Wildman–Crippen MR) is 370 cm³/mol. The second-order valence-electron chi connectivity index (χ2n) is 21.1. The van der Waals surface area contributed by atoms with Crippen molar-refractivity contribution in [1.82, 2.24) is 9.80 Å². The molecule has 0 fully saturated rings. The van der Waals surface area contributed by atoms with Crippen molar-refractivity contribution < 1.29 is 107 Å². The third kappa shape index (κ3) is 25.0. The molecule has 0 unspecified atom stereocenters. The van der Waals surface area contributed by atoms with E-state index in [1.807, 2.05) is 128 Å². The van der Waals surface area contributed by atoms with Gasteiger partial charge in [0, 0.05) is 55.8 Å². The summed E-state index contributed by atoms with van der Waals surface area (Å²) in [6, 6.07) is 54.0. The number of carbonyl (C=O) groups excluding carboxylic acids is 10. The van der Waals surface area contributed by atoms with Crippen LogP contribution in [0.15, 0.2) is 194 Å². The zero-order valence-electron chi connectivity index (χ0n) is 56.7. The smallest absolute Gasteiger partial charge is 0.340 e. The van der Waals surface area contributed by atoms with Gasteiger partial charge in [-0.1, -0.05) is 125 Å². The number of aliphatic hydroxyl groups excluding tert-OH is 5. The van der Waals surface area contributed by atoms with Gasteiger partial charge < -0.3 is 74.2 Å². The third-order valence-corrected chi connectivity index (χ3v) is 14.6. The first-order chi connectivity index (χ1) is 49.5. The summed E-state index contributed by atoms with van der Waals surface area (Å²) in [6.45, 7) is 7.42. The van der Waals surface area contributed by atoms with Crippen molar-refractivity contribution >= 4 is 59.4 Å². The van der Waals surface area contributed by atoms with E-state index in [9.17, 15) is 47.9 Å². The lowest BCUT2D eigenvalue weighted by molar-refractivity contribution is 0.00523. The van der Waals surface area contributed by atoms with Gasteiger partial charge in [0.05, 0.1) is 45.6 Å². The van der Waals surface area contributed by atoms with Gasteiger partial charge in [-0.25, -0.2) is 33.6 Å². The largest absolute Gasteiger partial charge is 0.460 e. The summed E-state index contributed by atoms with van der Waals surface area (Å²) in [6.07, 6.45) is 0.811. The Morgan fingerprint density at radius 2 is 0.637 bits per heavy atom. The summed E-state index contributed by atoms with van der Waals surface area (Å²) in [4.78, 5) is 122. The normalized spacial score (nSPS) is 11.2. The Morgan fingerprint density at radius 3 is 0.951 bits per heavy atom. The number of amides is 2. The molecule has 25 heteroatoms. The number of ketones is 1. The van der Waals surface area contributed by atoms with Crippen molar-refractivity contribution in [2.75, 3.05) is 53.6 Å². The van der Waals surface area contributed by atoms with Gasteiger partial charge in [-0.3, -0.25) is 14.4 Å². The Kier molecular flexibility index (Phi) is 34.8.